The highest BCUT2D eigenvalue weighted by Crippen LogP contribution is 2.45. The van der Waals surface area contributed by atoms with Crippen molar-refractivity contribution in [3.63, 3.8) is 0 Å². The predicted octanol–water partition coefficient (Wildman–Crippen LogP) is 4.40. The largest absolute Gasteiger partial charge is 0.384 e. The van der Waals surface area contributed by atoms with E-state index >= 15 is 0 Å². The first-order valence-electron chi connectivity index (χ1n) is 8.68. The van der Waals surface area contributed by atoms with Crippen LogP contribution in [0.15, 0.2) is 54.6 Å². The number of carbonyl (C=O) groups excluding carboxylic acids is 1. The van der Waals surface area contributed by atoms with Gasteiger partial charge in [-0.05, 0) is 36.1 Å². The summed E-state index contributed by atoms with van der Waals surface area (Å²) in [7, 11) is 1.72. The SMILES string of the molecule is COCC1(CNC(=O)C[C@@H](c2ccccc2)c2ccc(Cl)cc2)CC1. The Morgan fingerprint density at radius 2 is 1.76 bits per heavy atom. The van der Waals surface area contributed by atoms with Crippen molar-refractivity contribution >= 4 is 17.5 Å². The topological polar surface area (TPSA) is 38.3 Å². The van der Waals surface area contributed by atoms with Gasteiger partial charge < -0.3 is 10.1 Å². The number of hydrogen-bond acceptors (Lipinski definition) is 2. The predicted molar refractivity (Wildman–Crippen MR) is 101 cm³/mol. The molecule has 1 fully saturated rings. The molecule has 0 spiro atoms. The van der Waals surface area contributed by atoms with Crippen LogP contribution >= 0.6 is 11.6 Å². The summed E-state index contributed by atoms with van der Waals surface area (Å²) in [6.45, 7) is 1.41. The number of methoxy groups -OCH3 is 1. The molecule has 132 valence electrons. The molecule has 0 unspecified atom stereocenters. The summed E-state index contributed by atoms with van der Waals surface area (Å²) < 4.78 is 5.27. The molecule has 1 atom stereocenters. The lowest BCUT2D eigenvalue weighted by molar-refractivity contribution is -0.121. The van der Waals surface area contributed by atoms with Gasteiger partial charge in [0.25, 0.3) is 0 Å². The van der Waals surface area contributed by atoms with Crippen molar-refractivity contribution in [3.8, 4) is 0 Å². The van der Waals surface area contributed by atoms with E-state index in [0.29, 0.717) is 24.6 Å². The average molecular weight is 358 g/mol. The zero-order chi connectivity index (χ0) is 17.7. The summed E-state index contributed by atoms with van der Waals surface area (Å²) in [4.78, 5) is 12.6. The molecule has 1 N–H and O–H groups in total. The number of rotatable bonds is 8. The van der Waals surface area contributed by atoms with Gasteiger partial charge in [-0.3, -0.25) is 4.79 Å². The maximum absolute atomic E-state index is 12.6. The Morgan fingerprint density at radius 3 is 2.36 bits per heavy atom. The maximum Gasteiger partial charge on any atom is 0.220 e. The Kier molecular flexibility index (Phi) is 5.77. The molecule has 0 radical (unpaired) electrons. The fourth-order valence-corrected chi connectivity index (χ4v) is 3.33. The minimum absolute atomic E-state index is 0.0241. The van der Waals surface area contributed by atoms with Crippen LogP contribution in [-0.4, -0.2) is 26.2 Å². The number of hydrogen-bond donors (Lipinski definition) is 1. The standard InChI is InChI=1S/C21H24ClNO2/c1-25-15-21(11-12-21)14-23-20(24)13-19(16-5-3-2-4-6-16)17-7-9-18(22)10-8-17/h2-10,19H,11-15H2,1H3,(H,23,24)/t19-/m0/s1. The van der Waals surface area contributed by atoms with Gasteiger partial charge in [-0.1, -0.05) is 54.1 Å². The molecule has 0 saturated heterocycles. The summed E-state index contributed by atoms with van der Waals surface area (Å²) >= 11 is 6.01. The van der Waals surface area contributed by atoms with E-state index < -0.39 is 0 Å². The Balaban J connectivity index is 1.69. The first-order valence-corrected chi connectivity index (χ1v) is 9.06. The van der Waals surface area contributed by atoms with Crippen LogP contribution in [0.4, 0.5) is 0 Å². The van der Waals surface area contributed by atoms with Crippen molar-refractivity contribution in [2.45, 2.75) is 25.2 Å². The van der Waals surface area contributed by atoms with Crippen molar-refractivity contribution < 1.29 is 9.53 Å². The van der Waals surface area contributed by atoms with Gasteiger partial charge in [-0.15, -0.1) is 0 Å². The van der Waals surface area contributed by atoms with Crippen LogP contribution in [0.3, 0.4) is 0 Å². The lowest BCUT2D eigenvalue weighted by Gasteiger charge is -2.20. The van der Waals surface area contributed by atoms with Crippen molar-refractivity contribution in [2.75, 3.05) is 20.3 Å². The van der Waals surface area contributed by atoms with Crippen LogP contribution in [0.25, 0.3) is 0 Å². The van der Waals surface area contributed by atoms with E-state index in [2.05, 4.69) is 17.4 Å². The van der Waals surface area contributed by atoms with Gasteiger partial charge in [-0.2, -0.15) is 0 Å². The molecule has 0 aromatic heterocycles. The zero-order valence-corrected chi connectivity index (χ0v) is 15.3. The van der Waals surface area contributed by atoms with Crippen molar-refractivity contribution in [1.82, 2.24) is 5.32 Å². The molecule has 2 aromatic rings. The molecule has 0 heterocycles. The third-order valence-electron chi connectivity index (χ3n) is 4.93. The average Bonchev–Trinajstić information content (AvgIpc) is 3.40. The van der Waals surface area contributed by atoms with Gasteiger partial charge in [0.1, 0.15) is 0 Å². The highest BCUT2D eigenvalue weighted by atomic mass is 35.5. The lowest BCUT2D eigenvalue weighted by Crippen LogP contribution is -2.33. The lowest BCUT2D eigenvalue weighted by atomic mass is 9.88. The molecule has 3 nitrogen and oxygen atoms in total. The van der Waals surface area contributed by atoms with E-state index in [0.717, 1.165) is 24.0 Å². The van der Waals surface area contributed by atoms with Crippen molar-refractivity contribution in [1.29, 1.82) is 0 Å². The Bertz CT molecular complexity index is 696. The van der Waals surface area contributed by atoms with E-state index in [1.165, 1.54) is 0 Å². The van der Waals surface area contributed by atoms with Gasteiger partial charge in [-0.25, -0.2) is 0 Å². The fraction of sp³-hybridized carbons (Fsp3) is 0.381. The molecule has 0 bridgehead atoms. The molecule has 25 heavy (non-hydrogen) atoms. The first-order chi connectivity index (χ1) is 12.1. The van der Waals surface area contributed by atoms with Gasteiger partial charge in [0.2, 0.25) is 5.91 Å². The van der Waals surface area contributed by atoms with E-state index in [9.17, 15) is 4.79 Å². The zero-order valence-electron chi connectivity index (χ0n) is 14.5. The molecule has 2 aromatic carbocycles. The Labute approximate surface area is 154 Å². The second-order valence-corrected chi connectivity index (χ2v) is 7.37. The highest BCUT2D eigenvalue weighted by Gasteiger charge is 2.42. The quantitative estimate of drug-likeness (QED) is 0.760. The molecular formula is C21H24ClNO2. The molecule has 3 rings (SSSR count). The van der Waals surface area contributed by atoms with Crippen LogP contribution < -0.4 is 5.32 Å². The van der Waals surface area contributed by atoms with Gasteiger partial charge in [0.05, 0.1) is 6.61 Å². The Hall–Kier alpha value is -1.84. The number of amides is 1. The summed E-state index contributed by atoms with van der Waals surface area (Å²) in [6, 6.07) is 17.9. The highest BCUT2D eigenvalue weighted by molar-refractivity contribution is 6.30. The monoisotopic (exact) mass is 357 g/mol. The molecule has 1 aliphatic carbocycles. The van der Waals surface area contributed by atoms with E-state index in [4.69, 9.17) is 16.3 Å². The molecule has 1 saturated carbocycles. The minimum atomic E-state index is 0.0241. The Morgan fingerprint density at radius 1 is 1.12 bits per heavy atom. The van der Waals surface area contributed by atoms with Gasteiger partial charge in [0, 0.05) is 36.4 Å². The van der Waals surface area contributed by atoms with E-state index in [1.54, 1.807) is 7.11 Å². The molecule has 0 aliphatic heterocycles. The number of benzene rings is 2. The van der Waals surface area contributed by atoms with Gasteiger partial charge in [0.15, 0.2) is 0 Å². The number of nitrogens with one attached hydrogen (secondary N) is 1. The van der Waals surface area contributed by atoms with Crippen molar-refractivity contribution in [2.24, 2.45) is 5.41 Å². The van der Waals surface area contributed by atoms with E-state index in [-0.39, 0.29) is 17.2 Å². The molecule has 1 aliphatic rings. The normalized spacial score (nSPS) is 16.2. The third-order valence-corrected chi connectivity index (χ3v) is 5.18. The van der Waals surface area contributed by atoms with E-state index in [1.807, 2.05) is 42.5 Å². The number of carbonyl (C=O) groups is 1. The van der Waals surface area contributed by atoms with Crippen LogP contribution in [0.5, 0.6) is 0 Å². The molecular weight excluding hydrogens is 334 g/mol. The second kappa shape index (κ2) is 8.03. The second-order valence-electron chi connectivity index (χ2n) is 6.93. The van der Waals surface area contributed by atoms with Crippen LogP contribution in [-0.2, 0) is 9.53 Å². The minimum Gasteiger partial charge on any atom is -0.384 e. The summed E-state index contributed by atoms with van der Waals surface area (Å²) in [6.07, 6.45) is 2.68. The van der Waals surface area contributed by atoms with Crippen LogP contribution in [0.2, 0.25) is 5.02 Å². The number of halogens is 1. The van der Waals surface area contributed by atoms with Crippen molar-refractivity contribution in [3.05, 3.63) is 70.7 Å². The summed E-state index contributed by atoms with van der Waals surface area (Å²) in [5, 5.41) is 3.81. The summed E-state index contributed by atoms with van der Waals surface area (Å²) in [5.74, 6) is 0.0993. The smallest absolute Gasteiger partial charge is 0.220 e. The third kappa shape index (κ3) is 4.83. The maximum atomic E-state index is 12.6. The fourth-order valence-electron chi connectivity index (χ4n) is 3.21. The van der Waals surface area contributed by atoms with Gasteiger partial charge >= 0.3 is 0 Å². The number of ether oxygens (including phenoxy) is 1. The van der Waals surface area contributed by atoms with Crippen LogP contribution in [0.1, 0.15) is 36.3 Å². The summed E-state index contributed by atoms with van der Waals surface area (Å²) in [5.41, 5.74) is 2.40. The van der Waals surface area contributed by atoms with Crippen LogP contribution in [0, 0.1) is 5.41 Å². The first kappa shape index (κ1) is 18.0. The molecule has 1 amide bonds. The molecule has 4 heteroatoms.